The Balaban J connectivity index is 1.13. The number of ether oxygens (including phenoxy) is 2. The van der Waals surface area contributed by atoms with Crippen LogP contribution in [0.3, 0.4) is 0 Å². The Morgan fingerprint density at radius 1 is 1.05 bits per heavy atom. The second kappa shape index (κ2) is 11.2. The highest BCUT2D eigenvalue weighted by Crippen LogP contribution is 2.38. The maximum Gasteiger partial charge on any atom is 0.410 e. The minimum atomic E-state index is -0.255. The maximum atomic E-state index is 13.1. The van der Waals surface area contributed by atoms with Gasteiger partial charge < -0.3 is 29.9 Å². The third-order valence-corrected chi connectivity index (χ3v) is 8.59. The molecule has 2 aromatic heterocycles. The molecule has 4 aliphatic rings. The number of allylic oxidation sites excluding steroid dienone is 1. The van der Waals surface area contributed by atoms with Gasteiger partial charge in [0.05, 0.1) is 19.3 Å². The number of fused-ring (bicyclic) bond motifs is 3. The Labute approximate surface area is 234 Å². The van der Waals surface area contributed by atoms with Gasteiger partial charge in [-0.3, -0.25) is 4.79 Å². The highest BCUT2D eigenvalue weighted by atomic mass is 16.6. The number of carbonyl (C=O) groups excluding carboxylic acids is 2. The van der Waals surface area contributed by atoms with Crippen molar-refractivity contribution < 1.29 is 19.1 Å². The SMILES string of the molecule is C/C=C/C(=O)N1CC(OC(=O)N2C3CCC2CC(Nc2nc(NC4CCOCC4)nc4c(C(C)C)cnn24)C3)C1. The smallest absolute Gasteiger partial charge is 0.410 e. The fraction of sp³-hybridized carbons (Fsp3) is 0.679. The summed E-state index contributed by atoms with van der Waals surface area (Å²) in [5.74, 6) is 1.53. The zero-order valence-corrected chi connectivity index (χ0v) is 23.6. The quantitative estimate of drug-likeness (QED) is 0.498. The highest BCUT2D eigenvalue weighted by Gasteiger charge is 2.45. The molecule has 0 aliphatic carbocycles. The molecule has 4 aliphatic heterocycles. The zero-order valence-electron chi connectivity index (χ0n) is 23.6. The van der Waals surface area contributed by atoms with Crippen molar-refractivity contribution >= 4 is 29.5 Å². The summed E-state index contributed by atoms with van der Waals surface area (Å²) in [6.45, 7) is 8.50. The van der Waals surface area contributed by atoms with Crippen LogP contribution >= 0.6 is 0 Å². The molecule has 12 heteroatoms. The molecule has 2 bridgehead atoms. The number of aromatic nitrogens is 4. The molecule has 2 unspecified atom stereocenters. The van der Waals surface area contributed by atoms with E-state index < -0.39 is 0 Å². The summed E-state index contributed by atoms with van der Waals surface area (Å²) in [6.07, 6.45) is 10.1. The highest BCUT2D eigenvalue weighted by molar-refractivity contribution is 5.88. The third-order valence-electron chi connectivity index (χ3n) is 8.59. The van der Waals surface area contributed by atoms with Crippen LogP contribution in [0.15, 0.2) is 18.3 Å². The Kier molecular flexibility index (Phi) is 7.52. The van der Waals surface area contributed by atoms with Crippen LogP contribution in [0, 0.1) is 0 Å². The van der Waals surface area contributed by atoms with Gasteiger partial charge in [0.2, 0.25) is 17.8 Å². The minimum Gasteiger partial charge on any atom is -0.442 e. The van der Waals surface area contributed by atoms with Crippen LogP contribution in [-0.2, 0) is 14.3 Å². The van der Waals surface area contributed by atoms with E-state index in [0.717, 1.165) is 62.9 Å². The lowest BCUT2D eigenvalue weighted by atomic mass is 9.98. The summed E-state index contributed by atoms with van der Waals surface area (Å²) in [5.41, 5.74) is 1.90. The fourth-order valence-electron chi connectivity index (χ4n) is 6.40. The summed E-state index contributed by atoms with van der Waals surface area (Å²) in [5, 5.41) is 11.8. The van der Waals surface area contributed by atoms with Gasteiger partial charge in [-0.05, 0) is 57.4 Å². The summed E-state index contributed by atoms with van der Waals surface area (Å²) in [7, 11) is 0. The van der Waals surface area contributed by atoms with E-state index in [4.69, 9.17) is 19.4 Å². The van der Waals surface area contributed by atoms with E-state index in [1.807, 2.05) is 22.5 Å². The van der Waals surface area contributed by atoms with Crippen molar-refractivity contribution in [3.05, 3.63) is 23.9 Å². The standard InChI is InChI=1S/C28H40N8O4/c1-4-5-24(37)34-15-22(16-34)40-28(38)35-20-6-7-21(35)13-19(12-20)31-27-33-26(30-18-8-10-39-11-9-18)32-25-23(17(2)3)14-29-36(25)27/h4-5,14,17-22H,6-13,15-16H2,1-3H3,(H2,30,31,32,33)/b5-4+. The van der Waals surface area contributed by atoms with Crippen molar-refractivity contribution in [1.29, 1.82) is 0 Å². The third kappa shape index (κ3) is 5.33. The normalized spacial score (nSPS) is 25.6. The maximum absolute atomic E-state index is 13.1. The molecule has 0 saturated carbocycles. The molecule has 2 aromatic rings. The van der Waals surface area contributed by atoms with Crippen LogP contribution in [0.5, 0.6) is 0 Å². The number of nitrogens with zero attached hydrogens (tertiary/aromatic N) is 6. The van der Waals surface area contributed by atoms with Crippen molar-refractivity contribution in [2.45, 2.75) is 95.5 Å². The molecule has 6 heterocycles. The average molecular weight is 553 g/mol. The number of likely N-dealkylation sites (tertiary alicyclic amines) is 1. The molecule has 2 atom stereocenters. The first-order chi connectivity index (χ1) is 19.4. The number of amides is 2. The summed E-state index contributed by atoms with van der Waals surface area (Å²) in [6, 6.07) is 0.666. The summed E-state index contributed by atoms with van der Waals surface area (Å²) in [4.78, 5) is 38.4. The van der Waals surface area contributed by atoms with Gasteiger partial charge in [-0.15, -0.1) is 0 Å². The first-order valence-corrected chi connectivity index (χ1v) is 14.7. The van der Waals surface area contributed by atoms with Crippen molar-refractivity contribution in [3.8, 4) is 0 Å². The molecule has 2 N–H and O–H groups in total. The number of hydrogen-bond acceptors (Lipinski definition) is 9. The van der Waals surface area contributed by atoms with E-state index >= 15 is 0 Å². The van der Waals surface area contributed by atoms with Gasteiger partial charge in [0, 0.05) is 42.9 Å². The second-order valence-corrected chi connectivity index (χ2v) is 11.7. The van der Waals surface area contributed by atoms with Crippen molar-refractivity contribution in [1.82, 2.24) is 29.4 Å². The molecule has 4 saturated heterocycles. The monoisotopic (exact) mass is 552 g/mol. The Bertz CT molecular complexity index is 1250. The van der Waals surface area contributed by atoms with E-state index in [0.29, 0.717) is 25.0 Å². The molecular formula is C28H40N8O4. The number of piperidine rings is 1. The van der Waals surface area contributed by atoms with Gasteiger partial charge in [-0.2, -0.15) is 19.6 Å². The number of nitrogens with one attached hydrogen (secondary N) is 2. The molecule has 0 radical (unpaired) electrons. The Hall–Kier alpha value is -3.41. The van der Waals surface area contributed by atoms with Gasteiger partial charge >= 0.3 is 6.09 Å². The lowest BCUT2D eigenvalue weighted by molar-refractivity contribution is -0.136. The fourth-order valence-corrected chi connectivity index (χ4v) is 6.40. The molecule has 40 heavy (non-hydrogen) atoms. The van der Waals surface area contributed by atoms with Crippen molar-refractivity contribution in [3.63, 3.8) is 0 Å². The number of anilines is 2. The molecule has 6 rings (SSSR count). The van der Waals surface area contributed by atoms with Crippen molar-refractivity contribution in [2.75, 3.05) is 36.9 Å². The van der Waals surface area contributed by atoms with E-state index in [1.165, 1.54) is 0 Å². The predicted octanol–water partition coefficient (Wildman–Crippen LogP) is 3.17. The minimum absolute atomic E-state index is 0.0376. The van der Waals surface area contributed by atoms with Crippen LogP contribution in [0.4, 0.5) is 16.7 Å². The van der Waals surface area contributed by atoms with Crippen LogP contribution in [0.1, 0.15) is 70.8 Å². The van der Waals surface area contributed by atoms with E-state index in [1.54, 1.807) is 17.1 Å². The van der Waals surface area contributed by atoms with Gasteiger partial charge in [0.25, 0.3) is 0 Å². The predicted molar refractivity (Wildman–Crippen MR) is 149 cm³/mol. The second-order valence-electron chi connectivity index (χ2n) is 11.7. The van der Waals surface area contributed by atoms with Gasteiger partial charge in [-0.25, -0.2) is 4.79 Å². The van der Waals surface area contributed by atoms with E-state index in [-0.39, 0.29) is 48.2 Å². The topological polar surface area (TPSA) is 126 Å². The number of carbonyl (C=O) groups is 2. The van der Waals surface area contributed by atoms with E-state index in [9.17, 15) is 9.59 Å². The largest absolute Gasteiger partial charge is 0.442 e. The van der Waals surface area contributed by atoms with Gasteiger partial charge in [-0.1, -0.05) is 19.9 Å². The first kappa shape index (κ1) is 26.8. The molecule has 0 spiro atoms. The lowest BCUT2D eigenvalue weighted by Crippen LogP contribution is -2.57. The first-order valence-electron chi connectivity index (χ1n) is 14.7. The van der Waals surface area contributed by atoms with Crippen LogP contribution < -0.4 is 10.6 Å². The molecule has 4 fully saturated rings. The number of hydrogen-bond donors (Lipinski definition) is 2. The lowest BCUT2D eigenvalue weighted by Gasteiger charge is -2.42. The van der Waals surface area contributed by atoms with Crippen molar-refractivity contribution in [2.24, 2.45) is 0 Å². The molecule has 0 aromatic carbocycles. The van der Waals surface area contributed by atoms with Crippen LogP contribution in [0.2, 0.25) is 0 Å². The Morgan fingerprint density at radius 2 is 1.77 bits per heavy atom. The molecule has 12 nitrogen and oxygen atoms in total. The molecule has 216 valence electrons. The van der Waals surface area contributed by atoms with Crippen LogP contribution in [-0.4, -0.2) is 98.0 Å². The molecular weight excluding hydrogens is 512 g/mol. The Morgan fingerprint density at radius 3 is 2.45 bits per heavy atom. The zero-order chi connectivity index (χ0) is 27.8. The summed E-state index contributed by atoms with van der Waals surface area (Å²) < 4.78 is 13.1. The van der Waals surface area contributed by atoms with Crippen LogP contribution in [0.25, 0.3) is 5.65 Å². The average Bonchev–Trinajstić information content (AvgIpc) is 3.45. The molecule has 2 amide bonds. The van der Waals surface area contributed by atoms with Gasteiger partial charge in [0.1, 0.15) is 6.10 Å². The van der Waals surface area contributed by atoms with Gasteiger partial charge in [0.15, 0.2) is 5.65 Å². The number of rotatable bonds is 7. The summed E-state index contributed by atoms with van der Waals surface area (Å²) >= 11 is 0. The van der Waals surface area contributed by atoms with E-state index in [2.05, 4.69) is 29.6 Å².